The lowest BCUT2D eigenvalue weighted by Crippen LogP contribution is -2.16. The van der Waals surface area contributed by atoms with Crippen molar-refractivity contribution in [3.05, 3.63) is 43.6 Å². The third kappa shape index (κ3) is 3.28. The van der Waals surface area contributed by atoms with Crippen molar-refractivity contribution in [1.29, 1.82) is 0 Å². The van der Waals surface area contributed by atoms with E-state index >= 15 is 0 Å². The van der Waals surface area contributed by atoms with Crippen LogP contribution in [0, 0.1) is 13.8 Å². The molecular weight excluding hydrogens is 270 g/mol. The third-order valence-electron chi connectivity index (χ3n) is 3.22. The van der Waals surface area contributed by atoms with Crippen LogP contribution in [0.1, 0.15) is 53.9 Å². The molecule has 20 heavy (non-hydrogen) atoms. The lowest BCUT2D eigenvalue weighted by atomic mass is 10.1. The van der Waals surface area contributed by atoms with Gasteiger partial charge in [0.15, 0.2) is 0 Å². The molecule has 2 aromatic heterocycles. The summed E-state index contributed by atoms with van der Waals surface area (Å²) in [6.07, 6.45) is 0. The van der Waals surface area contributed by atoms with Gasteiger partial charge in [-0.1, -0.05) is 13.8 Å². The van der Waals surface area contributed by atoms with Crippen LogP contribution in [0.5, 0.6) is 0 Å². The van der Waals surface area contributed by atoms with Crippen LogP contribution in [0.4, 0.5) is 5.82 Å². The second-order valence-corrected chi connectivity index (χ2v) is 6.87. The van der Waals surface area contributed by atoms with Crippen LogP contribution in [0.25, 0.3) is 0 Å². The van der Waals surface area contributed by atoms with Gasteiger partial charge in [-0.3, -0.25) is 4.79 Å². The molecule has 0 spiro atoms. The van der Waals surface area contributed by atoms with Crippen molar-refractivity contribution in [2.75, 3.05) is 5.32 Å². The molecule has 2 heterocycles. The zero-order chi connectivity index (χ0) is 14.9. The number of hydrogen-bond acceptors (Lipinski definition) is 4. The van der Waals surface area contributed by atoms with Crippen LogP contribution in [0.15, 0.2) is 16.9 Å². The molecule has 0 saturated carbocycles. The maximum absolute atomic E-state index is 11.7. The van der Waals surface area contributed by atoms with Crippen LogP contribution in [-0.4, -0.2) is 9.97 Å². The van der Waals surface area contributed by atoms with Gasteiger partial charge in [0.05, 0.1) is 6.04 Å². The molecule has 0 fully saturated rings. The molecule has 0 amide bonds. The van der Waals surface area contributed by atoms with Crippen molar-refractivity contribution in [2.45, 2.75) is 46.6 Å². The van der Waals surface area contributed by atoms with E-state index in [4.69, 9.17) is 0 Å². The number of thiophene rings is 1. The molecule has 2 rings (SSSR count). The van der Waals surface area contributed by atoms with Gasteiger partial charge < -0.3 is 10.3 Å². The summed E-state index contributed by atoms with van der Waals surface area (Å²) >= 11 is 1.79. The first kappa shape index (κ1) is 14.8. The molecule has 1 atom stereocenters. The van der Waals surface area contributed by atoms with E-state index in [1.165, 1.54) is 21.4 Å². The fourth-order valence-corrected chi connectivity index (χ4v) is 3.23. The van der Waals surface area contributed by atoms with E-state index in [0.717, 1.165) is 0 Å². The maximum atomic E-state index is 11.7. The predicted molar refractivity (Wildman–Crippen MR) is 84.8 cm³/mol. The Labute approximate surface area is 123 Å². The molecular formula is C15H21N3OS. The molecule has 1 unspecified atom stereocenters. The van der Waals surface area contributed by atoms with Crippen LogP contribution in [-0.2, 0) is 0 Å². The highest BCUT2D eigenvalue weighted by molar-refractivity contribution is 7.12. The molecule has 2 N–H and O–H groups in total. The highest BCUT2D eigenvalue weighted by Crippen LogP contribution is 2.28. The van der Waals surface area contributed by atoms with Gasteiger partial charge >= 0.3 is 0 Å². The van der Waals surface area contributed by atoms with Crippen LogP contribution in [0.2, 0.25) is 0 Å². The van der Waals surface area contributed by atoms with Crippen molar-refractivity contribution >= 4 is 17.2 Å². The molecule has 0 radical (unpaired) electrons. The topological polar surface area (TPSA) is 57.8 Å². The number of aromatic amines is 1. The normalized spacial score (nSPS) is 12.7. The number of aromatic nitrogens is 2. The van der Waals surface area contributed by atoms with E-state index in [9.17, 15) is 4.79 Å². The van der Waals surface area contributed by atoms with Gasteiger partial charge in [-0.15, -0.1) is 11.3 Å². The molecule has 108 valence electrons. The smallest absolute Gasteiger partial charge is 0.252 e. The standard InChI is InChI=1S/C15H21N3OS/c1-8(2)15-17-13(7-14(19)18-15)16-10(4)12-6-9(3)20-11(12)5/h6-8,10H,1-5H3,(H2,16,17,18,19). The Kier molecular flexibility index (Phi) is 4.28. The van der Waals surface area contributed by atoms with Gasteiger partial charge in [-0.2, -0.15) is 0 Å². The van der Waals surface area contributed by atoms with Gasteiger partial charge in [-0.25, -0.2) is 4.98 Å². The van der Waals surface area contributed by atoms with E-state index in [2.05, 4.69) is 42.1 Å². The van der Waals surface area contributed by atoms with Crippen molar-refractivity contribution in [2.24, 2.45) is 0 Å². The summed E-state index contributed by atoms with van der Waals surface area (Å²) in [7, 11) is 0. The average molecular weight is 291 g/mol. The summed E-state index contributed by atoms with van der Waals surface area (Å²) in [6, 6.07) is 3.83. The molecule has 2 aromatic rings. The van der Waals surface area contributed by atoms with Crippen molar-refractivity contribution in [3.8, 4) is 0 Å². The lowest BCUT2D eigenvalue weighted by molar-refractivity contribution is 0.761. The van der Waals surface area contributed by atoms with Gasteiger partial charge in [0.25, 0.3) is 5.56 Å². The Hall–Kier alpha value is -1.62. The van der Waals surface area contributed by atoms with Crippen LogP contribution < -0.4 is 10.9 Å². The molecule has 5 heteroatoms. The summed E-state index contributed by atoms with van der Waals surface area (Å²) < 4.78 is 0. The largest absolute Gasteiger partial charge is 0.363 e. The zero-order valence-electron chi connectivity index (χ0n) is 12.6. The second-order valence-electron chi connectivity index (χ2n) is 5.41. The number of hydrogen-bond donors (Lipinski definition) is 2. The molecule has 0 aliphatic rings. The Balaban J connectivity index is 2.25. The number of H-pyrrole nitrogens is 1. The van der Waals surface area contributed by atoms with Crippen LogP contribution >= 0.6 is 11.3 Å². The van der Waals surface area contributed by atoms with E-state index in [-0.39, 0.29) is 17.5 Å². The molecule has 0 aliphatic heterocycles. The molecule has 0 saturated heterocycles. The number of anilines is 1. The minimum absolute atomic E-state index is 0.114. The van der Waals surface area contributed by atoms with E-state index < -0.39 is 0 Å². The minimum Gasteiger partial charge on any atom is -0.363 e. The molecule has 0 aromatic carbocycles. The monoisotopic (exact) mass is 291 g/mol. The average Bonchev–Trinajstić information content (AvgIpc) is 2.67. The van der Waals surface area contributed by atoms with Gasteiger partial charge in [0, 0.05) is 21.7 Å². The lowest BCUT2D eigenvalue weighted by Gasteiger charge is -2.15. The first-order valence-electron chi connectivity index (χ1n) is 6.81. The van der Waals surface area contributed by atoms with E-state index in [0.29, 0.717) is 11.6 Å². The summed E-state index contributed by atoms with van der Waals surface area (Å²) in [4.78, 5) is 21.5. The first-order chi connectivity index (χ1) is 9.36. The Bertz CT molecular complexity index is 657. The van der Waals surface area contributed by atoms with E-state index in [1.54, 1.807) is 11.3 Å². The zero-order valence-corrected chi connectivity index (χ0v) is 13.4. The SMILES string of the molecule is Cc1cc(C(C)Nc2cc(=O)[nH]c(C(C)C)n2)c(C)s1. The quantitative estimate of drug-likeness (QED) is 0.902. The Morgan fingerprint density at radius 2 is 1.95 bits per heavy atom. The summed E-state index contributed by atoms with van der Waals surface area (Å²) in [6.45, 7) is 10.3. The number of rotatable bonds is 4. The predicted octanol–water partition coefficient (Wildman–Crippen LogP) is 3.74. The fourth-order valence-electron chi connectivity index (χ4n) is 2.20. The highest BCUT2D eigenvalue weighted by Gasteiger charge is 2.13. The van der Waals surface area contributed by atoms with Crippen LogP contribution in [0.3, 0.4) is 0 Å². The van der Waals surface area contributed by atoms with E-state index in [1.807, 2.05) is 13.8 Å². The van der Waals surface area contributed by atoms with Crippen molar-refractivity contribution < 1.29 is 0 Å². The molecule has 4 nitrogen and oxygen atoms in total. The Morgan fingerprint density at radius 1 is 1.25 bits per heavy atom. The maximum Gasteiger partial charge on any atom is 0.252 e. The number of aryl methyl sites for hydroxylation is 2. The molecule has 0 bridgehead atoms. The second kappa shape index (κ2) is 5.79. The van der Waals surface area contributed by atoms with Crippen molar-refractivity contribution in [1.82, 2.24) is 9.97 Å². The van der Waals surface area contributed by atoms with Gasteiger partial charge in [-0.05, 0) is 32.4 Å². The first-order valence-corrected chi connectivity index (χ1v) is 7.63. The fraction of sp³-hybridized carbons (Fsp3) is 0.467. The van der Waals surface area contributed by atoms with Gasteiger partial charge in [0.1, 0.15) is 11.6 Å². The van der Waals surface area contributed by atoms with Crippen molar-refractivity contribution in [3.63, 3.8) is 0 Å². The number of nitrogens with one attached hydrogen (secondary N) is 2. The van der Waals surface area contributed by atoms with Gasteiger partial charge in [0.2, 0.25) is 0 Å². The summed E-state index contributed by atoms with van der Waals surface area (Å²) in [5, 5.41) is 3.32. The number of nitrogens with zero attached hydrogens (tertiary/aromatic N) is 1. The third-order valence-corrected chi connectivity index (χ3v) is 4.20. The summed E-state index contributed by atoms with van der Waals surface area (Å²) in [5.41, 5.74) is 1.15. The highest BCUT2D eigenvalue weighted by atomic mass is 32.1. The Morgan fingerprint density at radius 3 is 2.50 bits per heavy atom. The minimum atomic E-state index is -0.114. The summed E-state index contributed by atoms with van der Waals surface area (Å²) in [5.74, 6) is 1.54. The molecule has 0 aliphatic carbocycles.